The first kappa shape index (κ1) is 10.8. The minimum absolute atomic E-state index is 0.224. The third kappa shape index (κ3) is 1.53. The SMILES string of the molecule is NC1c2cc(Br)ccc2CC12CCNCC2. The van der Waals surface area contributed by atoms with Crippen molar-refractivity contribution in [2.24, 2.45) is 11.1 Å². The Morgan fingerprint density at radius 2 is 2.06 bits per heavy atom. The highest BCUT2D eigenvalue weighted by molar-refractivity contribution is 9.10. The molecule has 1 spiro atoms. The van der Waals surface area contributed by atoms with Crippen molar-refractivity contribution < 1.29 is 0 Å². The standard InChI is InChI=1S/C13H17BrN2/c14-10-2-1-9-8-13(3-5-16-6-4-13)12(15)11(9)7-10/h1-2,7,12,16H,3-6,8,15H2. The first-order valence-electron chi connectivity index (χ1n) is 5.96. The third-order valence-electron chi connectivity index (χ3n) is 4.24. The van der Waals surface area contributed by atoms with Crippen molar-refractivity contribution >= 4 is 15.9 Å². The normalized spacial score (nSPS) is 27.0. The second-order valence-corrected chi connectivity index (χ2v) is 6.03. The number of halogens is 1. The predicted octanol–water partition coefficient (Wildman–Crippen LogP) is 2.37. The number of hydrogen-bond donors (Lipinski definition) is 2. The van der Waals surface area contributed by atoms with E-state index in [9.17, 15) is 0 Å². The van der Waals surface area contributed by atoms with Gasteiger partial charge in [0, 0.05) is 10.5 Å². The lowest BCUT2D eigenvalue weighted by atomic mass is 9.73. The van der Waals surface area contributed by atoms with Gasteiger partial charge in [0.25, 0.3) is 0 Å². The van der Waals surface area contributed by atoms with Gasteiger partial charge in [-0.05, 0) is 61.0 Å². The summed E-state index contributed by atoms with van der Waals surface area (Å²) in [4.78, 5) is 0. The molecule has 1 aliphatic carbocycles. The molecule has 1 aliphatic heterocycles. The molecule has 0 aromatic heterocycles. The van der Waals surface area contributed by atoms with Crippen LogP contribution in [0.3, 0.4) is 0 Å². The Labute approximate surface area is 105 Å². The molecule has 1 aromatic rings. The largest absolute Gasteiger partial charge is 0.323 e. The quantitative estimate of drug-likeness (QED) is 0.766. The van der Waals surface area contributed by atoms with E-state index >= 15 is 0 Å². The highest BCUT2D eigenvalue weighted by Gasteiger charge is 2.44. The summed E-state index contributed by atoms with van der Waals surface area (Å²) in [5.41, 5.74) is 9.62. The Hall–Kier alpha value is -0.380. The van der Waals surface area contributed by atoms with Gasteiger partial charge in [-0.1, -0.05) is 22.0 Å². The fourth-order valence-electron chi connectivity index (χ4n) is 3.25. The van der Waals surface area contributed by atoms with Gasteiger partial charge >= 0.3 is 0 Å². The van der Waals surface area contributed by atoms with Crippen LogP contribution in [0, 0.1) is 5.41 Å². The van der Waals surface area contributed by atoms with Gasteiger partial charge < -0.3 is 11.1 Å². The number of nitrogens with one attached hydrogen (secondary N) is 1. The zero-order chi connectivity index (χ0) is 11.2. The number of benzene rings is 1. The molecule has 1 aromatic carbocycles. The number of fused-ring (bicyclic) bond motifs is 1. The van der Waals surface area contributed by atoms with Crippen molar-refractivity contribution in [3.63, 3.8) is 0 Å². The van der Waals surface area contributed by atoms with Crippen LogP contribution in [0.15, 0.2) is 22.7 Å². The van der Waals surface area contributed by atoms with Crippen LogP contribution >= 0.6 is 15.9 Å². The van der Waals surface area contributed by atoms with Gasteiger partial charge in [-0.25, -0.2) is 0 Å². The molecule has 2 aliphatic rings. The molecule has 0 radical (unpaired) electrons. The molecule has 3 rings (SSSR count). The van der Waals surface area contributed by atoms with Crippen LogP contribution in [0.1, 0.15) is 30.0 Å². The Morgan fingerprint density at radius 1 is 1.31 bits per heavy atom. The Balaban J connectivity index is 1.99. The molecule has 1 unspecified atom stereocenters. The number of piperidine rings is 1. The monoisotopic (exact) mass is 280 g/mol. The summed E-state index contributed by atoms with van der Waals surface area (Å²) in [5, 5.41) is 3.43. The van der Waals surface area contributed by atoms with Gasteiger partial charge in [0.2, 0.25) is 0 Å². The lowest BCUT2D eigenvalue weighted by molar-refractivity contribution is 0.174. The van der Waals surface area contributed by atoms with Gasteiger partial charge in [0.15, 0.2) is 0 Å². The Morgan fingerprint density at radius 3 is 2.81 bits per heavy atom. The van der Waals surface area contributed by atoms with E-state index in [0.29, 0.717) is 5.41 Å². The Kier molecular flexibility index (Phi) is 2.57. The second-order valence-electron chi connectivity index (χ2n) is 5.11. The van der Waals surface area contributed by atoms with Crippen LogP contribution in [-0.4, -0.2) is 13.1 Å². The van der Waals surface area contributed by atoms with Crippen molar-refractivity contribution in [2.45, 2.75) is 25.3 Å². The smallest absolute Gasteiger partial charge is 0.0359 e. The van der Waals surface area contributed by atoms with Gasteiger partial charge in [-0.3, -0.25) is 0 Å². The molecular formula is C13H17BrN2. The molecule has 3 heteroatoms. The van der Waals surface area contributed by atoms with E-state index in [1.54, 1.807) is 0 Å². The summed E-state index contributed by atoms with van der Waals surface area (Å²) in [5.74, 6) is 0. The van der Waals surface area contributed by atoms with Gasteiger partial charge in [-0.15, -0.1) is 0 Å². The van der Waals surface area contributed by atoms with Crippen molar-refractivity contribution in [1.29, 1.82) is 0 Å². The van der Waals surface area contributed by atoms with E-state index < -0.39 is 0 Å². The van der Waals surface area contributed by atoms with Gasteiger partial charge in [0.1, 0.15) is 0 Å². The van der Waals surface area contributed by atoms with Gasteiger partial charge in [-0.2, -0.15) is 0 Å². The molecule has 16 heavy (non-hydrogen) atoms. The molecule has 1 atom stereocenters. The topological polar surface area (TPSA) is 38.0 Å². The number of hydrogen-bond acceptors (Lipinski definition) is 2. The van der Waals surface area contributed by atoms with E-state index in [0.717, 1.165) is 17.6 Å². The highest BCUT2D eigenvalue weighted by atomic mass is 79.9. The molecule has 1 saturated heterocycles. The molecule has 0 saturated carbocycles. The molecule has 0 amide bonds. The predicted molar refractivity (Wildman–Crippen MR) is 69.3 cm³/mol. The summed E-state index contributed by atoms with van der Waals surface area (Å²) in [6.45, 7) is 2.23. The van der Waals surface area contributed by atoms with Crippen LogP contribution in [0.2, 0.25) is 0 Å². The average Bonchev–Trinajstić information content (AvgIpc) is 2.55. The summed E-state index contributed by atoms with van der Waals surface area (Å²) in [6.07, 6.45) is 3.58. The summed E-state index contributed by atoms with van der Waals surface area (Å²) < 4.78 is 1.15. The molecular weight excluding hydrogens is 264 g/mol. The maximum Gasteiger partial charge on any atom is 0.0359 e. The third-order valence-corrected chi connectivity index (χ3v) is 4.74. The lowest BCUT2D eigenvalue weighted by Gasteiger charge is -2.37. The zero-order valence-electron chi connectivity index (χ0n) is 9.30. The zero-order valence-corrected chi connectivity index (χ0v) is 10.9. The average molecular weight is 281 g/mol. The second kappa shape index (κ2) is 3.83. The van der Waals surface area contributed by atoms with E-state index in [2.05, 4.69) is 39.4 Å². The first-order chi connectivity index (χ1) is 7.71. The fraction of sp³-hybridized carbons (Fsp3) is 0.538. The number of rotatable bonds is 0. The molecule has 1 heterocycles. The van der Waals surface area contributed by atoms with E-state index in [4.69, 9.17) is 5.73 Å². The molecule has 86 valence electrons. The van der Waals surface area contributed by atoms with Gasteiger partial charge in [0.05, 0.1) is 0 Å². The van der Waals surface area contributed by atoms with Crippen LogP contribution in [0.4, 0.5) is 0 Å². The van der Waals surface area contributed by atoms with E-state index in [-0.39, 0.29) is 6.04 Å². The van der Waals surface area contributed by atoms with Crippen LogP contribution in [0.5, 0.6) is 0 Å². The van der Waals surface area contributed by atoms with Crippen molar-refractivity contribution in [1.82, 2.24) is 5.32 Å². The van der Waals surface area contributed by atoms with Crippen LogP contribution in [0.25, 0.3) is 0 Å². The van der Waals surface area contributed by atoms with Crippen molar-refractivity contribution in [2.75, 3.05) is 13.1 Å². The van der Waals surface area contributed by atoms with Crippen LogP contribution < -0.4 is 11.1 Å². The fourth-order valence-corrected chi connectivity index (χ4v) is 3.63. The summed E-state index contributed by atoms with van der Waals surface area (Å²) >= 11 is 3.54. The summed E-state index contributed by atoms with van der Waals surface area (Å²) in [7, 11) is 0. The van der Waals surface area contributed by atoms with E-state index in [1.807, 2.05) is 0 Å². The Bertz CT molecular complexity index is 410. The minimum atomic E-state index is 0.224. The van der Waals surface area contributed by atoms with E-state index in [1.165, 1.54) is 30.4 Å². The van der Waals surface area contributed by atoms with Crippen molar-refractivity contribution in [3.8, 4) is 0 Å². The first-order valence-corrected chi connectivity index (χ1v) is 6.75. The highest BCUT2D eigenvalue weighted by Crippen LogP contribution is 2.50. The maximum absolute atomic E-state index is 6.48. The lowest BCUT2D eigenvalue weighted by Crippen LogP contribution is -2.42. The van der Waals surface area contributed by atoms with Crippen molar-refractivity contribution in [3.05, 3.63) is 33.8 Å². The summed E-state index contributed by atoms with van der Waals surface area (Å²) in [6, 6.07) is 6.79. The minimum Gasteiger partial charge on any atom is -0.323 e. The molecule has 1 fully saturated rings. The molecule has 2 nitrogen and oxygen atoms in total. The molecule has 0 bridgehead atoms. The van der Waals surface area contributed by atoms with Crippen LogP contribution in [-0.2, 0) is 6.42 Å². The number of nitrogens with two attached hydrogens (primary N) is 1. The maximum atomic E-state index is 6.48. The molecule has 3 N–H and O–H groups in total.